The second-order valence-corrected chi connectivity index (χ2v) is 6.64. The molecule has 1 N–H and O–H groups in total. The van der Waals surface area contributed by atoms with Crippen LogP contribution in [0, 0.1) is 13.8 Å². The third kappa shape index (κ3) is 5.73. The summed E-state index contributed by atoms with van der Waals surface area (Å²) in [6, 6.07) is 0. The van der Waals surface area contributed by atoms with Crippen LogP contribution in [0.2, 0.25) is 0 Å². The highest BCUT2D eigenvalue weighted by molar-refractivity contribution is 7.11. The molecule has 1 amide bonds. The van der Waals surface area contributed by atoms with Gasteiger partial charge in [0.25, 0.3) is 0 Å². The lowest BCUT2D eigenvalue weighted by Gasteiger charge is -2.22. The Morgan fingerprint density at radius 1 is 1.48 bits per heavy atom. The van der Waals surface area contributed by atoms with E-state index in [9.17, 15) is 4.79 Å². The van der Waals surface area contributed by atoms with Gasteiger partial charge in [0.05, 0.1) is 23.4 Å². The summed E-state index contributed by atoms with van der Waals surface area (Å²) in [6.45, 7) is 6.11. The Hall–Kier alpha value is -0.980. The maximum Gasteiger partial charge on any atom is 0.246 e. The standard InChI is InChI=1S/C15H24N2O3S/c1-11-12(2)21-15(17-11)6-7-16-14(18)10-19-9-13-5-3-4-8-20-13/h13H,3-10H2,1-2H3,(H,16,18). The molecule has 1 aliphatic heterocycles. The molecule has 1 aliphatic rings. The zero-order chi connectivity index (χ0) is 15.1. The normalized spacial score (nSPS) is 18.7. The molecule has 1 aromatic heterocycles. The Morgan fingerprint density at radius 3 is 3.00 bits per heavy atom. The third-order valence-electron chi connectivity index (χ3n) is 3.54. The Kier molecular flexibility index (Phi) is 6.60. The van der Waals surface area contributed by atoms with E-state index in [-0.39, 0.29) is 18.6 Å². The predicted molar refractivity (Wildman–Crippen MR) is 82.7 cm³/mol. The molecule has 1 saturated heterocycles. The molecular formula is C15H24N2O3S. The van der Waals surface area contributed by atoms with E-state index in [0.29, 0.717) is 13.2 Å². The van der Waals surface area contributed by atoms with Crippen molar-refractivity contribution in [3.05, 3.63) is 15.6 Å². The average molecular weight is 312 g/mol. The van der Waals surface area contributed by atoms with Crippen molar-refractivity contribution in [2.24, 2.45) is 0 Å². The number of aromatic nitrogens is 1. The van der Waals surface area contributed by atoms with E-state index in [4.69, 9.17) is 9.47 Å². The van der Waals surface area contributed by atoms with Crippen LogP contribution in [0.5, 0.6) is 0 Å². The number of rotatable bonds is 7. The van der Waals surface area contributed by atoms with Gasteiger partial charge in [-0.05, 0) is 33.1 Å². The fourth-order valence-electron chi connectivity index (χ4n) is 2.23. The first-order chi connectivity index (χ1) is 10.1. The Balaban J connectivity index is 1.55. The number of aryl methyl sites for hydroxylation is 2. The Labute approximate surface area is 130 Å². The molecular weight excluding hydrogens is 288 g/mol. The molecule has 1 unspecified atom stereocenters. The maximum atomic E-state index is 11.7. The maximum absolute atomic E-state index is 11.7. The molecule has 1 atom stereocenters. The van der Waals surface area contributed by atoms with Gasteiger partial charge in [-0.3, -0.25) is 4.79 Å². The van der Waals surface area contributed by atoms with Gasteiger partial charge in [-0.25, -0.2) is 4.98 Å². The first-order valence-corrected chi connectivity index (χ1v) is 8.35. The van der Waals surface area contributed by atoms with Crippen molar-refractivity contribution in [3.63, 3.8) is 0 Å². The van der Waals surface area contributed by atoms with E-state index in [1.165, 1.54) is 11.3 Å². The number of hydrogen-bond donors (Lipinski definition) is 1. The van der Waals surface area contributed by atoms with E-state index in [1.54, 1.807) is 11.3 Å². The summed E-state index contributed by atoms with van der Waals surface area (Å²) >= 11 is 1.69. The number of hydrogen-bond acceptors (Lipinski definition) is 5. The lowest BCUT2D eigenvalue weighted by Crippen LogP contribution is -2.32. The van der Waals surface area contributed by atoms with Gasteiger partial charge in [0.15, 0.2) is 0 Å². The Morgan fingerprint density at radius 2 is 2.33 bits per heavy atom. The number of nitrogens with zero attached hydrogens (tertiary/aromatic N) is 1. The van der Waals surface area contributed by atoms with Crippen LogP contribution in [0.25, 0.3) is 0 Å². The van der Waals surface area contributed by atoms with Gasteiger partial charge >= 0.3 is 0 Å². The number of carbonyl (C=O) groups excluding carboxylic acids is 1. The van der Waals surface area contributed by atoms with Crippen molar-refractivity contribution >= 4 is 17.2 Å². The number of nitrogens with one attached hydrogen (secondary N) is 1. The van der Waals surface area contributed by atoms with E-state index in [2.05, 4.69) is 17.2 Å². The minimum atomic E-state index is -0.0733. The molecule has 0 spiro atoms. The van der Waals surface area contributed by atoms with Gasteiger partial charge < -0.3 is 14.8 Å². The van der Waals surface area contributed by atoms with Crippen LogP contribution in [0.4, 0.5) is 0 Å². The highest BCUT2D eigenvalue weighted by Crippen LogP contribution is 2.16. The van der Waals surface area contributed by atoms with E-state index in [1.807, 2.05) is 6.92 Å². The first kappa shape index (κ1) is 16.4. The summed E-state index contributed by atoms with van der Waals surface area (Å²) in [5.74, 6) is -0.0733. The van der Waals surface area contributed by atoms with Crippen molar-refractivity contribution in [3.8, 4) is 0 Å². The third-order valence-corrected chi connectivity index (χ3v) is 4.68. The summed E-state index contributed by atoms with van der Waals surface area (Å²) in [7, 11) is 0. The van der Waals surface area contributed by atoms with E-state index >= 15 is 0 Å². The highest BCUT2D eigenvalue weighted by Gasteiger charge is 2.14. The first-order valence-electron chi connectivity index (χ1n) is 7.54. The van der Waals surface area contributed by atoms with Gasteiger partial charge in [0.1, 0.15) is 6.61 Å². The monoisotopic (exact) mass is 312 g/mol. The highest BCUT2D eigenvalue weighted by atomic mass is 32.1. The van der Waals surface area contributed by atoms with Crippen molar-refractivity contribution in [2.45, 2.75) is 45.6 Å². The molecule has 1 fully saturated rings. The van der Waals surface area contributed by atoms with Gasteiger partial charge in [0, 0.05) is 24.4 Å². The molecule has 2 rings (SSSR count). The number of ether oxygens (including phenoxy) is 2. The second-order valence-electron chi connectivity index (χ2n) is 5.35. The largest absolute Gasteiger partial charge is 0.376 e. The van der Waals surface area contributed by atoms with Crippen LogP contribution < -0.4 is 5.32 Å². The van der Waals surface area contributed by atoms with Crippen LogP contribution in [0.3, 0.4) is 0 Å². The van der Waals surface area contributed by atoms with Gasteiger partial charge in [0.2, 0.25) is 5.91 Å². The lowest BCUT2D eigenvalue weighted by atomic mass is 10.1. The minimum absolute atomic E-state index is 0.0733. The quantitative estimate of drug-likeness (QED) is 0.836. The number of thiazole rings is 1. The SMILES string of the molecule is Cc1nc(CCNC(=O)COCC2CCCCO2)sc1C. The van der Waals surface area contributed by atoms with Crippen LogP contribution in [0.1, 0.15) is 34.8 Å². The van der Waals surface area contributed by atoms with Crippen molar-refractivity contribution in [1.82, 2.24) is 10.3 Å². The molecule has 0 radical (unpaired) electrons. The molecule has 5 nitrogen and oxygen atoms in total. The molecule has 0 aliphatic carbocycles. The predicted octanol–water partition coefficient (Wildman–Crippen LogP) is 2.00. The van der Waals surface area contributed by atoms with E-state index in [0.717, 1.165) is 36.6 Å². The summed E-state index contributed by atoms with van der Waals surface area (Å²) in [6.07, 6.45) is 4.29. The second kappa shape index (κ2) is 8.46. The van der Waals surface area contributed by atoms with Crippen molar-refractivity contribution in [1.29, 1.82) is 0 Å². The molecule has 21 heavy (non-hydrogen) atoms. The fraction of sp³-hybridized carbons (Fsp3) is 0.733. The van der Waals surface area contributed by atoms with Crippen molar-refractivity contribution in [2.75, 3.05) is 26.4 Å². The van der Waals surface area contributed by atoms with Crippen LogP contribution in [-0.2, 0) is 20.7 Å². The summed E-state index contributed by atoms with van der Waals surface area (Å²) in [5.41, 5.74) is 1.08. The molecule has 0 bridgehead atoms. The summed E-state index contributed by atoms with van der Waals surface area (Å²) in [4.78, 5) is 17.3. The molecule has 6 heteroatoms. The number of carbonyl (C=O) groups is 1. The molecule has 118 valence electrons. The van der Waals surface area contributed by atoms with Gasteiger partial charge in [-0.2, -0.15) is 0 Å². The van der Waals surface area contributed by atoms with Gasteiger partial charge in [-0.15, -0.1) is 11.3 Å². The van der Waals surface area contributed by atoms with Crippen LogP contribution >= 0.6 is 11.3 Å². The molecule has 0 aromatic carbocycles. The summed E-state index contributed by atoms with van der Waals surface area (Å²) in [5, 5.41) is 3.93. The minimum Gasteiger partial charge on any atom is -0.376 e. The molecule has 0 saturated carbocycles. The van der Waals surface area contributed by atoms with Crippen molar-refractivity contribution < 1.29 is 14.3 Å². The Bertz CT molecular complexity index is 436. The smallest absolute Gasteiger partial charge is 0.246 e. The fourth-order valence-corrected chi connectivity index (χ4v) is 3.16. The van der Waals surface area contributed by atoms with Gasteiger partial charge in [-0.1, -0.05) is 0 Å². The average Bonchev–Trinajstić information content (AvgIpc) is 2.79. The van der Waals surface area contributed by atoms with Crippen LogP contribution in [0.15, 0.2) is 0 Å². The molecule has 2 heterocycles. The number of amides is 1. The molecule has 1 aromatic rings. The zero-order valence-corrected chi connectivity index (χ0v) is 13.6. The summed E-state index contributed by atoms with van der Waals surface area (Å²) < 4.78 is 11.0. The zero-order valence-electron chi connectivity index (χ0n) is 12.8. The lowest BCUT2D eigenvalue weighted by molar-refractivity contribution is -0.127. The topological polar surface area (TPSA) is 60.5 Å². The van der Waals surface area contributed by atoms with Crippen LogP contribution in [-0.4, -0.2) is 43.4 Å². The van der Waals surface area contributed by atoms with E-state index < -0.39 is 0 Å².